The first-order chi connectivity index (χ1) is 14.8. The predicted molar refractivity (Wildman–Crippen MR) is 122 cm³/mol. The zero-order valence-electron chi connectivity index (χ0n) is 19.2. The fourth-order valence-electron chi connectivity index (χ4n) is 3.26. The number of carbonyl (C=O) groups excluding carboxylic acids is 2. The van der Waals surface area contributed by atoms with Crippen LogP contribution in [0.3, 0.4) is 0 Å². The van der Waals surface area contributed by atoms with Gasteiger partial charge in [-0.3, -0.25) is 9.59 Å². The molecule has 1 atom stereocenters. The number of rotatable bonds is 11. The van der Waals surface area contributed by atoms with Crippen LogP contribution in [-0.4, -0.2) is 43.5 Å². The van der Waals surface area contributed by atoms with Gasteiger partial charge in [-0.2, -0.15) is 0 Å². The lowest BCUT2D eigenvalue weighted by Gasteiger charge is -2.29. The Morgan fingerprint density at radius 2 is 1.61 bits per heavy atom. The molecule has 2 rings (SSSR count). The number of nitrogens with one attached hydrogen (secondary N) is 1. The van der Waals surface area contributed by atoms with Crippen LogP contribution in [0.5, 0.6) is 11.5 Å². The molecule has 0 spiro atoms. The molecule has 0 aliphatic carbocycles. The lowest BCUT2D eigenvalue weighted by atomic mass is 10.1. The van der Waals surface area contributed by atoms with Gasteiger partial charge in [0, 0.05) is 13.1 Å². The molecule has 0 bridgehead atoms. The Kier molecular flexibility index (Phi) is 9.38. The summed E-state index contributed by atoms with van der Waals surface area (Å²) in [4.78, 5) is 27.7. The second kappa shape index (κ2) is 12.0. The van der Waals surface area contributed by atoms with E-state index in [1.165, 1.54) is 0 Å². The number of hydrogen-bond acceptors (Lipinski definition) is 4. The molecule has 31 heavy (non-hydrogen) atoms. The normalized spacial score (nSPS) is 11.7. The molecular formula is C25H34N2O4. The number of methoxy groups -OCH3 is 2. The number of nitrogens with zero attached hydrogens (tertiary/aromatic N) is 1. The molecule has 6 nitrogen and oxygen atoms in total. The van der Waals surface area contributed by atoms with Crippen molar-refractivity contribution in [3.8, 4) is 11.5 Å². The van der Waals surface area contributed by atoms with Gasteiger partial charge in [-0.05, 0) is 42.5 Å². The van der Waals surface area contributed by atoms with Gasteiger partial charge in [-0.1, -0.05) is 50.2 Å². The zero-order valence-corrected chi connectivity index (χ0v) is 19.2. The number of benzene rings is 2. The van der Waals surface area contributed by atoms with Gasteiger partial charge in [0.05, 0.1) is 20.6 Å². The molecule has 0 saturated heterocycles. The largest absolute Gasteiger partial charge is 0.493 e. The van der Waals surface area contributed by atoms with E-state index in [9.17, 15) is 9.59 Å². The second-order valence-electron chi connectivity index (χ2n) is 8.02. The van der Waals surface area contributed by atoms with E-state index in [1.807, 2.05) is 36.4 Å². The maximum Gasteiger partial charge on any atom is 0.242 e. The van der Waals surface area contributed by atoms with Gasteiger partial charge in [-0.25, -0.2) is 0 Å². The average Bonchev–Trinajstić information content (AvgIpc) is 2.77. The van der Waals surface area contributed by atoms with Crippen molar-refractivity contribution in [2.24, 2.45) is 5.92 Å². The van der Waals surface area contributed by atoms with Crippen molar-refractivity contribution in [1.29, 1.82) is 0 Å². The molecule has 0 aliphatic heterocycles. The Morgan fingerprint density at radius 1 is 0.935 bits per heavy atom. The molecule has 6 heteroatoms. The molecule has 1 N–H and O–H groups in total. The number of hydrogen-bond donors (Lipinski definition) is 1. The van der Waals surface area contributed by atoms with Crippen LogP contribution in [0.15, 0.2) is 48.5 Å². The Hall–Kier alpha value is -3.02. The predicted octanol–water partition coefficient (Wildman–Crippen LogP) is 3.83. The van der Waals surface area contributed by atoms with E-state index in [-0.39, 0.29) is 18.2 Å². The maximum absolute atomic E-state index is 13.3. The number of ether oxygens (including phenoxy) is 2. The summed E-state index contributed by atoms with van der Waals surface area (Å²) in [5.41, 5.74) is 1.78. The Bertz CT molecular complexity index is 852. The average molecular weight is 427 g/mol. The highest BCUT2D eigenvalue weighted by Gasteiger charge is 2.26. The summed E-state index contributed by atoms with van der Waals surface area (Å²) >= 11 is 0. The van der Waals surface area contributed by atoms with Crippen LogP contribution < -0.4 is 14.8 Å². The molecular weight excluding hydrogens is 392 g/mol. The third-order valence-corrected chi connectivity index (χ3v) is 5.19. The molecule has 2 aromatic rings. The summed E-state index contributed by atoms with van der Waals surface area (Å²) < 4.78 is 10.6. The molecule has 0 heterocycles. The van der Waals surface area contributed by atoms with E-state index in [2.05, 4.69) is 19.2 Å². The Labute approximate surface area is 185 Å². The molecule has 168 valence electrons. The first kappa shape index (κ1) is 24.3. The molecule has 0 fully saturated rings. The third kappa shape index (κ3) is 7.31. The highest BCUT2D eigenvalue weighted by atomic mass is 16.5. The van der Waals surface area contributed by atoms with Crippen molar-refractivity contribution in [2.45, 2.75) is 46.2 Å². The minimum absolute atomic E-state index is 0.123. The van der Waals surface area contributed by atoms with Crippen molar-refractivity contribution in [3.05, 3.63) is 59.7 Å². The minimum atomic E-state index is -0.583. The first-order valence-electron chi connectivity index (χ1n) is 10.7. The number of amides is 2. The quantitative estimate of drug-likeness (QED) is 0.593. The maximum atomic E-state index is 13.3. The van der Waals surface area contributed by atoms with Gasteiger partial charge < -0.3 is 19.7 Å². The summed E-state index contributed by atoms with van der Waals surface area (Å²) in [6.07, 6.45) is 1.06. The topological polar surface area (TPSA) is 67.9 Å². The van der Waals surface area contributed by atoms with E-state index in [4.69, 9.17) is 9.47 Å². The lowest BCUT2D eigenvalue weighted by Crippen LogP contribution is -2.48. The Balaban J connectivity index is 2.18. The molecule has 0 unspecified atom stereocenters. The van der Waals surface area contributed by atoms with Gasteiger partial charge in [0.25, 0.3) is 0 Å². The van der Waals surface area contributed by atoms with Gasteiger partial charge in [0.15, 0.2) is 11.5 Å². The van der Waals surface area contributed by atoms with Crippen molar-refractivity contribution < 1.29 is 19.1 Å². The lowest BCUT2D eigenvalue weighted by molar-refractivity contribution is -0.140. The summed E-state index contributed by atoms with van der Waals surface area (Å²) in [6.45, 7) is 6.98. The molecule has 0 saturated carbocycles. The highest BCUT2D eigenvalue weighted by molar-refractivity contribution is 5.88. The fourth-order valence-corrected chi connectivity index (χ4v) is 3.26. The third-order valence-electron chi connectivity index (χ3n) is 5.19. The van der Waals surface area contributed by atoms with Crippen molar-refractivity contribution in [1.82, 2.24) is 10.2 Å². The Morgan fingerprint density at radius 3 is 2.23 bits per heavy atom. The molecule has 0 aromatic heterocycles. The van der Waals surface area contributed by atoms with Crippen LogP contribution in [0.4, 0.5) is 0 Å². The van der Waals surface area contributed by atoms with E-state index >= 15 is 0 Å². The summed E-state index contributed by atoms with van der Waals surface area (Å²) in [5, 5.41) is 2.96. The SMILES string of the molecule is COc1ccc(CC(=O)N(Cc2ccccc2)[C@H](C)C(=O)NCCC(C)C)cc1OC. The summed E-state index contributed by atoms with van der Waals surface area (Å²) in [5.74, 6) is 1.42. The number of carbonyl (C=O) groups is 2. The monoisotopic (exact) mass is 426 g/mol. The summed E-state index contributed by atoms with van der Waals surface area (Å²) in [7, 11) is 3.14. The molecule has 2 amide bonds. The van der Waals surface area contributed by atoms with Crippen molar-refractivity contribution in [2.75, 3.05) is 20.8 Å². The van der Waals surface area contributed by atoms with Gasteiger partial charge in [-0.15, -0.1) is 0 Å². The molecule has 2 aromatic carbocycles. The van der Waals surface area contributed by atoms with Crippen molar-refractivity contribution >= 4 is 11.8 Å². The molecule has 0 aliphatic rings. The van der Waals surface area contributed by atoms with Crippen LogP contribution in [0.1, 0.15) is 38.3 Å². The highest BCUT2D eigenvalue weighted by Crippen LogP contribution is 2.28. The standard InChI is InChI=1S/C25H34N2O4/c1-18(2)13-14-26-25(29)19(3)27(17-20-9-7-6-8-10-20)24(28)16-21-11-12-22(30-4)23(15-21)31-5/h6-12,15,18-19H,13-14,16-17H2,1-5H3,(H,26,29)/t19-/m1/s1. The van der Waals surface area contributed by atoms with Crippen LogP contribution in [0.2, 0.25) is 0 Å². The van der Waals surface area contributed by atoms with Crippen LogP contribution in [0, 0.1) is 5.92 Å². The van der Waals surface area contributed by atoms with Crippen LogP contribution in [0.25, 0.3) is 0 Å². The second-order valence-corrected chi connectivity index (χ2v) is 8.02. The van der Waals surface area contributed by atoms with Crippen LogP contribution in [-0.2, 0) is 22.6 Å². The van der Waals surface area contributed by atoms with Gasteiger partial charge >= 0.3 is 0 Å². The zero-order chi connectivity index (χ0) is 22.8. The van der Waals surface area contributed by atoms with E-state index in [1.54, 1.807) is 38.2 Å². The van der Waals surface area contributed by atoms with Crippen molar-refractivity contribution in [3.63, 3.8) is 0 Å². The van der Waals surface area contributed by atoms with Gasteiger partial charge in [0.1, 0.15) is 6.04 Å². The smallest absolute Gasteiger partial charge is 0.242 e. The molecule has 0 radical (unpaired) electrons. The fraction of sp³-hybridized carbons (Fsp3) is 0.440. The van der Waals surface area contributed by atoms with E-state index < -0.39 is 6.04 Å². The van der Waals surface area contributed by atoms with E-state index in [0.717, 1.165) is 17.5 Å². The van der Waals surface area contributed by atoms with E-state index in [0.29, 0.717) is 30.5 Å². The van der Waals surface area contributed by atoms with Gasteiger partial charge in [0.2, 0.25) is 11.8 Å². The minimum Gasteiger partial charge on any atom is -0.493 e. The van der Waals surface area contributed by atoms with Crippen LogP contribution >= 0.6 is 0 Å². The first-order valence-corrected chi connectivity index (χ1v) is 10.7. The summed E-state index contributed by atoms with van der Waals surface area (Å²) in [6, 6.07) is 14.5.